The third-order valence-electron chi connectivity index (χ3n) is 4.87. The largest absolute Gasteiger partial charge is 0.326 e. The monoisotopic (exact) mass is 349 g/mol. The van der Waals surface area contributed by atoms with Crippen LogP contribution < -0.4 is 10.6 Å². The number of amides is 1. The molecule has 2 aromatic carbocycles. The standard InChI is InChI=1S/C22H27N3O/c1-17-15-18(16-23)10-11-20(17)22(26)25-14-6-13-24(2)12-5-8-19-7-3-4-9-21(19)25/h3-5,7-11,15H,6,12-14,16,23H2,1-2H3/b8-5-. The lowest BCUT2D eigenvalue weighted by atomic mass is 10.0. The molecule has 0 atom stereocenters. The van der Waals surface area contributed by atoms with Crippen molar-refractivity contribution in [3.8, 4) is 0 Å². The summed E-state index contributed by atoms with van der Waals surface area (Å²) in [5.41, 5.74) is 10.5. The van der Waals surface area contributed by atoms with Crippen LogP contribution in [0.15, 0.2) is 48.5 Å². The molecular formula is C22H27N3O. The van der Waals surface area contributed by atoms with Gasteiger partial charge in [0.05, 0.1) is 5.69 Å². The first kappa shape index (κ1) is 18.4. The summed E-state index contributed by atoms with van der Waals surface area (Å²) in [5.74, 6) is 0.0511. The van der Waals surface area contributed by atoms with E-state index in [0.717, 1.165) is 47.5 Å². The fourth-order valence-corrected chi connectivity index (χ4v) is 3.39. The van der Waals surface area contributed by atoms with E-state index in [0.29, 0.717) is 13.1 Å². The molecule has 1 amide bonds. The van der Waals surface area contributed by atoms with E-state index in [1.807, 2.05) is 48.2 Å². The van der Waals surface area contributed by atoms with E-state index in [2.05, 4.69) is 30.2 Å². The molecule has 0 radical (unpaired) electrons. The van der Waals surface area contributed by atoms with Crippen molar-refractivity contribution < 1.29 is 4.79 Å². The molecule has 1 aliphatic heterocycles. The highest BCUT2D eigenvalue weighted by Crippen LogP contribution is 2.26. The summed E-state index contributed by atoms with van der Waals surface area (Å²) in [6.45, 7) is 5.04. The Morgan fingerprint density at radius 2 is 1.96 bits per heavy atom. The van der Waals surface area contributed by atoms with Gasteiger partial charge < -0.3 is 15.5 Å². The topological polar surface area (TPSA) is 49.6 Å². The smallest absolute Gasteiger partial charge is 0.258 e. The van der Waals surface area contributed by atoms with Crippen molar-refractivity contribution in [2.75, 3.05) is 31.6 Å². The van der Waals surface area contributed by atoms with E-state index in [1.54, 1.807) is 0 Å². The molecule has 4 heteroatoms. The van der Waals surface area contributed by atoms with Gasteiger partial charge in [-0.1, -0.05) is 42.5 Å². The van der Waals surface area contributed by atoms with Gasteiger partial charge in [0.1, 0.15) is 0 Å². The van der Waals surface area contributed by atoms with E-state index in [4.69, 9.17) is 5.73 Å². The minimum atomic E-state index is 0.0511. The quantitative estimate of drug-likeness (QED) is 0.903. The van der Waals surface area contributed by atoms with E-state index >= 15 is 0 Å². The summed E-state index contributed by atoms with van der Waals surface area (Å²) in [7, 11) is 2.11. The van der Waals surface area contributed by atoms with Gasteiger partial charge in [0, 0.05) is 25.2 Å². The predicted octanol–water partition coefficient (Wildman–Crippen LogP) is 3.45. The fourth-order valence-electron chi connectivity index (χ4n) is 3.39. The normalized spacial score (nSPS) is 16.8. The van der Waals surface area contributed by atoms with Crippen LogP contribution in [-0.2, 0) is 6.54 Å². The van der Waals surface area contributed by atoms with Crippen LogP contribution in [0.25, 0.3) is 6.08 Å². The molecule has 3 rings (SSSR count). The molecule has 1 aliphatic rings. The third-order valence-corrected chi connectivity index (χ3v) is 4.87. The highest BCUT2D eigenvalue weighted by Gasteiger charge is 2.21. The molecule has 0 aliphatic carbocycles. The Balaban J connectivity index is 2.01. The second-order valence-corrected chi connectivity index (χ2v) is 6.89. The van der Waals surface area contributed by atoms with Crippen molar-refractivity contribution in [2.24, 2.45) is 5.73 Å². The van der Waals surface area contributed by atoms with Crippen LogP contribution in [0.3, 0.4) is 0 Å². The lowest BCUT2D eigenvalue weighted by molar-refractivity contribution is 0.0985. The number of benzene rings is 2. The first-order chi connectivity index (χ1) is 12.6. The minimum absolute atomic E-state index is 0.0511. The Hall–Kier alpha value is -2.43. The van der Waals surface area contributed by atoms with Crippen molar-refractivity contribution in [1.82, 2.24) is 4.90 Å². The highest BCUT2D eigenvalue weighted by atomic mass is 16.2. The average molecular weight is 349 g/mol. The molecule has 0 spiro atoms. The van der Waals surface area contributed by atoms with Crippen LogP contribution >= 0.6 is 0 Å². The van der Waals surface area contributed by atoms with Gasteiger partial charge >= 0.3 is 0 Å². The molecule has 0 fully saturated rings. The van der Waals surface area contributed by atoms with Crippen molar-refractivity contribution in [1.29, 1.82) is 0 Å². The number of hydrogen-bond acceptors (Lipinski definition) is 3. The second kappa shape index (κ2) is 8.30. The zero-order valence-electron chi connectivity index (χ0n) is 15.6. The van der Waals surface area contributed by atoms with Crippen LogP contribution in [0.2, 0.25) is 0 Å². The summed E-state index contributed by atoms with van der Waals surface area (Å²) in [4.78, 5) is 17.6. The Bertz CT molecular complexity index is 813. The van der Waals surface area contributed by atoms with Crippen molar-refractivity contribution in [3.05, 3.63) is 70.8 Å². The van der Waals surface area contributed by atoms with E-state index in [1.165, 1.54) is 0 Å². The van der Waals surface area contributed by atoms with Gasteiger partial charge in [-0.3, -0.25) is 4.79 Å². The maximum atomic E-state index is 13.4. The van der Waals surface area contributed by atoms with Crippen molar-refractivity contribution in [2.45, 2.75) is 19.9 Å². The van der Waals surface area contributed by atoms with Gasteiger partial charge in [-0.05, 0) is 55.8 Å². The number of anilines is 1. The molecular weight excluding hydrogens is 322 g/mol. The SMILES string of the molecule is Cc1cc(CN)ccc1C(=O)N1CCCN(C)C/C=C\c2ccccc21. The van der Waals surface area contributed by atoms with Crippen LogP contribution in [0.5, 0.6) is 0 Å². The lowest BCUT2D eigenvalue weighted by Gasteiger charge is -2.27. The van der Waals surface area contributed by atoms with Crippen molar-refractivity contribution in [3.63, 3.8) is 0 Å². The number of nitrogens with two attached hydrogens (primary N) is 1. The molecule has 136 valence electrons. The zero-order chi connectivity index (χ0) is 18.5. The Morgan fingerprint density at radius 1 is 1.15 bits per heavy atom. The predicted molar refractivity (Wildman–Crippen MR) is 108 cm³/mol. The number of fused-ring (bicyclic) bond motifs is 1. The van der Waals surface area contributed by atoms with Crippen molar-refractivity contribution >= 4 is 17.7 Å². The van der Waals surface area contributed by atoms with E-state index in [-0.39, 0.29) is 5.91 Å². The third kappa shape index (κ3) is 4.03. The van der Waals surface area contributed by atoms with Gasteiger partial charge in [-0.25, -0.2) is 0 Å². The lowest BCUT2D eigenvalue weighted by Crippen LogP contribution is -2.35. The average Bonchev–Trinajstić information content (AvgIpc) is 2.65. The Kier molecular flexibility index (Phi) is 5.86. The molecule has 2 aromatic rings. The number of para-hydroxylation sites is 1. The highest BCUT2D eigenvalue weighted by molar-refractivity contribution is 6.08. The minimum Gasteiger partial charge on any atom is -0.326 e. The summed E-state index contributed by atoms with van der Waals surface area (Å²) in [6, 6.07) is 14.0. The number of nitrogens with zero attached hydrogens (tertiary/aromatic N) is 2. The van der Waals surface area contributed by atoms with Crippen LogP contribution in [-0.4, -0.2) is 37.5 Å². The van der Waals surface area contributed by atoms with E-state index < -0.39 is 0 Å². The molecule has 0 saturated heterocycles. The number of carbonyl (C=O) groups excluding carboxylic acids is 1. The number of rotatable bonds is 2. The first-order valence-corrected chi connectivity index (χ1v) is 9.15. The van der Waals surface area contributed by atoms with Gasteiger partial charge in [0.15, 0.2) is 0 Å². The summed E-state index contributed by atoms with van der Waals surface area (Å²) >= 11 is 0. The van der Waals surface area contributed by atoms with Gasteiger partial charge in [-0.15, -0.1) is 0 Å². The zero-order valence-corrected chi connectivity index (χ0v) is 15.6. The molecule has 0 aromatic heterocycles. The second-order valence-electron chi connectivity index (χ2n) is 6.89. The Morgan fingerprint density at radius 3 is 2.73 bits per heavy atom. The van der Waals surface area contributed by atoms with Crippen LogP contribution in [0, 0.1) is 6.92 Å². The summed E-state index contributed by atoms with van der Waals surface area (Å²) in [5, 5.41) is 0. The summed E-state index contributed by atoms with van der Waals surface area (Å²) in [6.07, 6.45) is 5.21. The number of hydrogen-bond donors (Lipinski definition) is 1. The number of carbonyl (C=O) groups is 1. The molecule has 0 unspecified atom stereocenters. The van der Waals surface area contributed by atoms with Gasteiger partial charge in [0.2, 0.25) is 0 Å². The van der Waals surface area contributed by atoms with Crippen LogP contribution in [0.1, 0.15) is 33.5 Å². The van der Waals surface area contributed by atoms with Gasteiger partial charge in [-0.2, -0.15) is 0 Å². The molecule has 2 N–H and O–H groups in total. The fraction of sp³-hybridized carbons (Fsp3) is 0.318. The molecule has 4 nitrogen and oxygen atoms in total. The first-order valence-electron chi connectivity index (χ1n) is 9.15. The number of aryl methyl sites for hydroxylation is 1. The maximum Gasteiger partial charge on any atom is 0.258 e. The Labute approximate surface area is 155 Å². The molecule has 26 heavy (non-hydrogen) atoms. The van der Waals surface area contributed by atoms with Crippen LogP contribution in [0.4, 0.5) is 5.69 Å². The number of likely N-dealkylation sites (N-methyl/N-ethyl adjacent to an activating group) is 1. The summed E-state index contributed by atoms with van der Waals surface area (Å²) < 4.78 is 0. The van der Waals surface area contributed by atoms with Gasteiger partial charge in [0.25, 0.3) is 5.91 Å². The van der Waals surface area contributed by atoms with E-state index in [9.17, 15) is 4.79 Å². The molecule has 1 heterocycles. The molecule has 0 bridgehead atoms. The molecule has 0 saturated carbocycles. The maximum absolute atomic E-state index is 13.4.